The van der Waals surface area contributed by atoms with Crippen molar-refractivity contribution >= 4 is 33.3 Å². The van der Waals surface area contributed by atoms with Gasteiger partial charge in [0.25, 0.3) is 0 Å². The number of carboxylic acids is 1. The first-order valence-electron chi connectivity index (χ1n) is 16.2. The summed E-state index contributed by atoms with van der Waals surface area (Å²) in [4.78, 5) is 18.0. The Morgan fingerprint density at radius 2 is 1.69 bits per heavy atom. The molecule has 1 saturated heterocycles. The number of carbonyl (C=O) groups is 1. The van der Waals surface area contributed by atoms with Crippen LogP contribution in [0.15, 0.2) is 84.9 Å². The normalized spacial score (nSPS) is 13.3. The van der Waals surface area contributed by atoms with Crippen LogP contribution in [0.1, 0.15) is 33.9 Å². The minimum atomic E-state index is -1.03. The molecule has 3 N–H and O–H groups in total. The van der Waals surface area contributed by atoms with E-state index in [1.807, 2.05) is 72.8 Å². The Balaban J connectivity index is 1.13. The molecule has 0 atom stereocenters. The van der Waals surface area contributed by atoms with Crippen molar-refractivity contribution in [1.29, 1.82) is 0 Å². The van der Waals surface area contributed by atoms with Gasteiger partial charge >= 0.3 is 5.97 Å². The molecule has 1 aliphatic heterocycles. The molecule has 1 aliphatic rings. The number of rotatable bonds is 12. The number of anilines is 1. The van der Waals surface area contributed by atoms with Gasteiger partial charge in [-0.2, -0.15) is 5.10 Å². The number of carboxylic acid groups (broad SMARTS) is 1. The summed E-state index contributed by atoms with van der Waals surface area (Å²) in [5.74, 6) is 0.483. The number of nitrogens with one attached hydrogen (secondary N) is 1. The zero-order valence-electron chi connectivity index (χ0n) is 26.8. The van der Waals surface area contributed by atoms with E-state index in [1.54, 1.807) is 11.7 Å². The zero-order chi connectivity index (χ0) is 33.0. The third-order valence-corrected chi connectivity index (χ3v) is 8.98. The van der Waals surface area contributed by atoms with Gasteiger partial charge in [0, 0.05) is 47.7 Å². The van der Waals surface area contributed by atoms with Gasteiger partial charge in [0.2, 0.25) is 0 Å². The smallest absolute Gasteiger partial charge is 0.352 e. The lowest BCUT2D eigenvalue weighted by Crippen LogP contribution is -2.36. The second-order valence-corrected chi connectivity index (χ2v) is 11.9. The third kappa shape index (κ3) is 6.20. The molecular formula is C38H38N4O6. The molecule has 246 valence electrons. The van der Waals surface area contributed by atoms with Crippen molar-refractivity contribution in [2.24, 2.45) is 7.05 Å². The van der Waals surface area contributed by atoms with Crippen molar-refractivity contribution in [3.8, 4) is 22.6 Å². The van der Waals surface area contributed by atoms with Gasteiger partial charge in [-0.1, -0.05) is 54.6 Å². The van der Waals surface area contributed by atoms with Crippen LogP contribution in [0.3, 0.4) is 0 Å². The molecule has 1 fully saturated rings. The second-order valence-electron chi connectivity index (χ2n) is 11.9. The molecule has 0 radical (unpaired) electrons. The highest BCUT2D eigenvalue weighted by Gasteiger charge is 2.24. The number of ether oxygens (including phenoxy) is 3. The average Bonchev–Trinajstić information content (AvgIpc) is 3.66. The van der Waals surface area contributed by atoms with Crippen molar-refractivity contribution in [2.45, 2.75) is 26.1 Å². The van der Waals surface area contributed by atoms with Crippen molar-refractivity contribution in [3.05, 3.63) is 108 Å². The monoisotopic (exact) mass is 646 g/mol. The number of H-pyrrole nitrogens is 1. The molecular weight excluding hydrogens is 608 g/mol. The van der Waals surface area contributed by atoms with Crippen LogP contribution >= 0.6 is 0 Å². The second kappa shape index (κ2) is 13.8. The molecule has 0 bridgehead atoms. The van der Waals surface area contributed by atoms with Crippen LogP contribution in [0.25, 0.3) is 32.8 Å². The Bertz CT molecular complexity index is 2050. The maximum absolute atomic E-state index is 12.5. The molecule has 7 rings (SSSR count). The van der Waals surface area contributed by atoms with Crippen LogP contribution < -0.4 is 14.4 Å². The molecule has 10 nitrogen and oxygen atoms in total. The predicted molar refractivity (Wildman–Crippen MR) is 185 cm³/mol. The standard InChI is InChI=1S/C38H38N4O6/c1-41-33(23-43)35(32(40-41)24-48-27-16-14-26(15-17-27)42-18-21-46-22-19-42)31-11-5-10-29-30(37(38(44)45)39-36(29)31)12-6-20-47-34-13-4-8-25-7-2-3-9-28(25)34/h2-5,7-11,13-17,39,43H,6,12,18-24H2,1H3,(H,44,45). The fourth-order valence-corrected chi connectivity index (χ4v) is 6.62. The van der Waals surface area contributed by atoms with Gasteiger partial charge in [0.05, 0.1) is 37.6 Å². The first kappa shape index (κ1) is 31.3. The molecule has 4 aromatic carbocycles. The zero-order valence-corrected chi connectivity index (χ0v) is 26.8. The minimum Gasteiger partial charge on any atom is -0.493 e. The summed E-state index contributed by atoms with van der Waals surface area (Å²) in [6.07, 6.45) is 1.13. The molecule has 0 saturated carbocycles. The summed E-state index contributed by atoms with van der Waals surface area (Å²) in [5, 5.41) is 28.3. The van der Waals surface area contributed by atoms with E-state index in [4.69, 9.17) is 19.3 Å². The van der Waals surface area contributed by atoms with E-state index in [2.05, 4.69) is 22.0 Å². The number of fused-ring (bicyclic) bond motifs is 2. The number of para-hydroxylation sites is 1. The number of aliphatic hydroxyl groups excluding tert-OH is 1. The van der Waals surface area contributed by atoms with Gasteiger partial charge in [-0.05, 0) is 54.1 Å². The molecule has 48 heavy (non-hydrogen) atoms. The van der Waals surface area contributed by atoms with Crippen molar-refractivity contribution < 1.29 is 29.2 Å². The average molecular weight is 647 g/mol. The number of hydrogen-bond acceptors (Lipinski definition) is 7. The minimum absolute atomic E-state index is 0.148. The summed E-state index contributed by atoms with van der Waals surface area (Å²) < 4.78 is 19.5. The largest absolute Gasteiger partial charge is 0.493 e. The molecule has 0 aliphatic carbocycles. The van der Waals surface area contributed by atoms with Crippen molar-refractivity contribution in [1.82, 2.24) is 14.8 Å². The lowest BCUT2D eigenvalue weighted by Gasteiger charge is -2.28. The summed E-state index contributed by atoms with van der Waals surface area (Å²) in [5.41, 5.74) is 5.40. The number of aliphatic hydroxyl groups is 1. The van der Waals surface area contributed by atoms with E-state index in [1.165, 1.54) is 0 Å². The van der Waals surface area contributed by atoms with Gasteiger partial charge in [-0.3, -0.25) is 4.68 Å². The number of hydrogen-bond donors (Lipinski definition) is 3. The van der Waals surface area contributed by atoms with Gasteiger partial charge in [-0.15, -0.1) is 0 Å². The van der Waals surface area contributed by atoms with Crippen LogP contribution in [0.5, 0.6) is 11.5 Å². The Hall–Kier alpha value is -5.32. The van der Waals surface area contributed by atoms with Gasteiger partial charge in [-0.25, -0.2) is 4.79 Å². The quantitative estimate of drug-likeness (QED) is 0.132. The van der Waals surface area contributed by atoms with E-state index in [0.29, 0.717) is 47.7 Å². The van der Waals surface area contributed by atoms with Crippen molar-refractivity contribution in [3.63, 3.8) is 0 Å². The SMILES string of the molecule is Cn1nc(COc2ccc(N3CCOCC3)cc2)c(-c2cccc3c(CCCOc4cccc5ccccc45)c(C(=O)O)[nH]c23)c1CO. The van der Waals surface area contributed by atoms with Crippen LogP contribution in [0, 0.1) is 0 Å². The number of aryl methyl sites for hydroxylation is 2. The van der Waals surface area contributed by atoms with Crippen LogP contribution in [0.4, 0.5) is 5.69 Å². The van der Waals surface area contributed by atoms with Crippen LogP contribution in [0.2, 0.25) is 0 Å². The topological polar surface area (TPSA) is 122 Å². The lowest BCUT2D eigenvalue weighted by atomic mass is 9.98. The molecule has 10 heteroatoms. The molecule has 3 heterocycles. The van der Waals surface area contributed by atoms with Crippen LogP contribution in [-0.4, -0.2) is 63.9 Å². The number of aromatic carboxylic acids is 1. The fourth-order valence-electron chi connectivity index (χ4n) is 6.62. The lowest BCUT2D eigenvalue weighted by molar-refractivity contribution is 0.0690. The summed E-state index contributed by atoms with van der Waals surface area (Å²) in [7, 11) is 1.79. The summed E-state index contributed by atoms with van der Waals surface area (Å²) in [6.45, 7) is 3.52. The van der Waals surface area contributed by atoms with E-state index in [9.17, 15) is 15.0 Å². The first-order valence-corrected chi connectivity index (χ1v) is 16.2. The van der Waals surface area contributed by atoms with Crippen LogP contribution in [-0.2, 0) is 31.4 Å². The molecule has 0 spiro atoms. The predicted octanol–water partition coefficient (Wildman–Crippen LogP) is 6.34. The number of benzene rings is 4. The molecule has 2 aromatic heterocycles. The molecule has 0 unspecified atom stereocenters. The number of nitrogens with zero attached hydrogens (tertiary/aromatic N) is 3. The molecule has 6 aromatic rings. The maximum atomic E-state index is 12.5. The highest BCUT2D eigenvalue weighted by Crippen LogP contribution is 2.37. The van der Waals surface area contributed by atoms with Gasteiger partial charge < -0.3 is 34.3 Å². The molecule has 0 amide bonds. The van der Waals surface area contributed by atoms with E-state index in [0.717, 1.165) is 65.0 Å². The van der Waals surface area contributed by atoms with Gasteiger partial charge in [0.15, 0.2) is 0 Å². The van der Waals surface area contributed by atoms with Gasteiger partial charge in [0.1, 0.15) is 29.5 Å². The fraction of sp³-hybridized carbons (Fsp3) is 0.263. The third-order valence-electron chi connectivity index (χ3n) is 8.98. The first-order chi connectivity index (χ1) is 23.5. The van der Waals surface area contributed by atoms with Crippen molar-refractivity contribution in [2.75, 3.05) is 37.8 Å². The maximum Gasteiger partial charge on any atom is 0.352 e. The van der Waals surface area contributed by atoms with E-state index < -0.39 is 5.97 Å². The highest BCUT2D eigenvalue weighted by atomic mass is 16.5. The van der Waals surface area contributed by atoms with E-state index in [-0.39, 0.29) is 18.9 Å². The summed E-state index contributed by atoms with van der Waals surface area (Å²) in [6, 6.07) is 27.8. The Labute approximate surface area is 278 Å². The number of aromatic nitrogens is 3. The van der Waals surface area contributed by atoms with E-state index >= 15 is 0 Å². The Morgan fingerprint density at radius 1 is 0.938 bits per heavy atom. The highest BCUT2D eigenvalue weighted by molar-refractivity contribution is 6.03. The number of aromatic amines is 1. The summed E-state index contributed by atoms with van der Waals surface area (Å²) >= 11 is 0. The number of morpholine rings is 1. The Morgan fingerprint density at radius 3 is 2.48 bits per heavy atom. The Kier molecular flexibility index (Phi) is 9.00.